The van der Waals surface area contributed by atoms with E-state index in [0.29, 0.717) is 32.0 Å². The fourth-order valence-corrected chi connectivity index (χ4v) is 3.56. The average Bonchev–Trinajstić information content (AvgIpc) is 2.78. The number of piperidine rings is 1. The zero-order valence-corrected chi connectivity index (χ0v) is 12.4. The molecule has 0 aromatic carbocycles. The van der Waals surface area contributed by atoms with Crippen LogP contribution in [0.25, 0.3) is 0 Å². The molecule has 7 nitrogen and oxygen atoms in total. The van der Waals surface area contributed by atoms with Crippen LogP contribution in [0, 0.1) is 5.92 Å². The number of carbonyl (C=O) groups is 1. The zero-order valence-electron chi connectivity index (χ0n) is 12.4. The number of hydrogen-bond donors (Lipinski definition) is 5. The lowest BCUT2D eigenvalue weighted by molar-refractivity contribution is -0.144. The van der Waals surface area contributed by atoms with Crippen LogP contribution in [0.4, 0.5) is 0 Å². The Kier molecular flexibility index (Phi) is 5.62. The van der Waals surface area contributed by atoms with Crippen molar-refractivity contribution < 1.29 is 19.9 Å². The van der Waals surface area contributed by atoms with Crippen molar-refractivity contribution in [2.75, 3.05) is 26.2 Å². The van der Waals surface area contributed by atoms with Gasteiger partial charge >= 0.3 is 13.1 Å². The molecule has 2 aliphatic rings. The number of hydrogen-bond acceptors (Lipinski definition) is 6. The number of likely N-dealkylation sites (tertiary alicyclic amines) is 1. The van der Waals surface area contributed by atoms with Gasteiger partial charge in [-0.15, -0.1) is 0 Å². The van der Waals surface area contributed by atoms with Gasteiger partial charge in [-0.05, 0) is 38.7 Å². The highest BCUT2D eigenvalue weighted by atomic mass is 16.4. The molecule has 2 rings (SSSR count). The van der Waals surface area contributed by atoms with Crippen LogP contribution in [-0.4, -0.2) is 70.9 Å². The molecule has 2 saturated heterocycles. The van der Waals surface area contributed by atoms with Gasteiger partial charge in [-0.1, -0.05) is 6.42 Å². The monoisotopic (exact) mass is 299 g/mol. The number of nitrogens with zero attached hydrogens (tertiary/aromatic N) is 1. The van der Waals surface area contributed by atoms with E-state index in [-0.39, 0.29) is 12.2 Å². The third-order valence-corrected chi connectivity index (χ3v) is 4.89. The second-order valence-electron chi connectivity index (χ2n) is 6.36. The Hall–Kier alpha value is -0.665. The highest BCUT2D eigenvalue weighted by Crippen LogP contribution is 2.33. The second-order valence-corrected chi connectivity index (χ2v) is 6.36. The molecular formula is C13H26BN3O4. The molecule has 0 aromatic heterocycles. The Morgan fingerprint density at radius 2 is 2.05 bits per heavy atom. The Labute approximate surface area is 125 Å². The maximum atomic E-state index is 11.6. The van der Waals surface area contributed by atoms with Gasteiger partial charge in [0.05, 0.1) is 0 Å². The third-order valence-electron chi connectivity index (χ3n) is 4.89. The third kappa shape index (κ3) is 3.95. The average molecular weight is 299 g/mol. The van der Waals surface area contributed by atoms with Crippen LogP contribution >= 0.6 is 0 Å². The number of rotatable bonds is 6. The van der Waals surface area contributed by atoms with Gasteiger partial charge in [0.1, 0.15) is 5.54 Å². The maximum absolute atomic E-state index is 11.6. The van der Waals surface area contributed by atoms with Crippen LogP contribution in [0.15, 0.2) is 0 Å². The lowest BCUT2D eigenvalue weighted by Gasteiger charge is -2.32. The maximum Gasteiger partial charge on any atom is 0.451 e. The number of carboxylic acids is 1. The summed E-state index contributed by atoms with van der Waals surface area (Å²) in [6.07, 6.45) is 3.51. The molecule has 21 heavy (non-hydrogen) atoms. The summed E-state index contributed by atoms with van der Waals surface area (Å²) in [5.41, 5.74) is 4.96. The predicted octanol–water partition coefficient (Wildman–Crippen LogP) is -1.29. The molecule has 2 heterocycles. The summed E-state index contributed by atoms with van der Waals surface area (Å²) >= 11 is 0. The van der Waals surface area contributed by atoms with Crippen molar-refractivity contribution >= 4 is 13.1 Å². The molecule has 0 aliphatic carbocycles. The van der Waals surface area contributed by atoms with Gasteiger partial charge in [0, 0.05) is 25.0 Å². The topological polar surface area (TPSA) is 119 Å². The van der Waals surface area contributed by atoms with E-state index in [9.17, 15) is 9.90 Å². The van der Waals surface area contributed by atoms with E-state index < -0.39 is 18.6 Å². The van der Waals surface area contributed by atoms with E-state index in [2.05, 4.69) is 10.2 Å². The summed E-state index contributed by atoms with van der Waals surface area (Å²) in [6.45, 7) is 3.01. The second kappa shape index (κ2) is 7.06. The summed E-state index contributed by atoms with van der Waals surface area (Å²) in [7, 11) is -1.33. The summed E-state index contributed by atoms with van der Waals surface area (Å²) in [5, 5.41) is 30.6. The quantitative estimate of drug-likeness (QED) is 0.387. The minimum atomic E-state index is -1.33. The van der Waals surface area contributed by atoms with Crippen molar-refractivity contribution in [1.82, 2.24) is 10.2 Å². The van der Waals surface area contributed by atoms with Gasteiger partial charge in [0.25, 0.3) is 0 Å². The van der Waals surface area contributed by atoms with Crippen molar-refractivity contribution in [2.24, 2.45) is 11.7 Å². The first-order valence-electron chi connectivity index (χ1n) is 7.76. The molecule has 0 spiro atoms. The molecule has 0 bridgehead atoms. The standard InChI is InChI=1S/C13H26BN3O4/c15-13(12(18)19)9-17(11-3-6-16-7-4-11)8-10(13)2-1-5-14(20)21/h10-11,16,20-21H,1-9,15H2,(H,18,19)/t10-,13+/m0/s1. The summed E-state index contributed by atoms with van der Waals surface area (Å²) < 4.78 is 0. The minimum Gasteiger partial charge on any atom is -0.480 e. The molecular weight excluding hydrogens is 273 g/mol. The van der Waals surface area contributed by atoms with Gasteiger partial charge in [-0.25, -0.2) is 0 Å². The van der Waals surface area contributed by atoms with Crippen LogP contribution in [0.5, 0.6) is 0 Å². The van der Waals surface area contributed by atoms with E-state index in [4.69, 9.17) is 15.8 Å². The number of nitrogens with one attached hydrogen (secondary N) is 1. The zero-order chi connectivity index (χ0) is 15.5. The Balaban J connectivity index is 1.97. The van der Waals surface area contributed by atoms with E-state index >= 15 is 0 Å². The number of aliphatic carboxylic acids is 1. The molecule has 2 aliphatic heterocycles. The minimum absolute atomic E-state index is 0.136. The molecule has 2 fully saturated rings. The highest BCUT2D eigenvalue weighted by Gasteiger charge is 2.50. The van der Waals surface area contributed by atoms with Crippen molar-refractivity contribution in [1.29, 1.82) is 0 Å². The molecule has 0 radical (unpaired) electrons. The molecule has 2 atom stereocenters. The number of carboxylic acid groups (broad SMARTS) is 1. The molecule has 0 unspecified atom stereocenters. The van der Waals surface area contributed by atoms with Gasteiger partial charge in [0.2, 0.25) is 0 Å². The van der Waals surface area contributed by atoms with E-state index in [1.54, 1.807) is 0 Å². The number of nitrogens with two attached hydrogens (primary N) is 1. The largest absolute Gasteiger partial charge is 0.480 e. The smallest absolute Gasteiger partial charge is 0.451 e. The van der Waals surface area contributed by atoms with Gasteiger partial charge in [-0.3, -0.25) is 9.69 Å². The SMILES string of the molecule is N[C@]1(C(=O)O)CN(C2CCNCC2)C[C@@H]1CCCB(O)O. The highest BCUT2D eigenvalue weighted by molar-refractivity contribution is 6.40. The van der Waals surface area contributed by atoms with Crippen LogP contribution in [0.3, 0.4) is 0 Å². The van der Waals surface area contributed by atoms with Crippen molar-refractivity contribution in [2.45, 2.75) is 43.6 Å². The summed E-state index contributed by atoms with van der Waals surface area (Å²) in [4.78, 5) is 13.8. The van der Waals surface area contributed by atoms with Gasteiger partial charge in [0.15, 0.2) is 0 Å². The molecule has 6 N–H and O–H groups in total. The van der Waals surface area contributed by atoms with Crippen molar-refractivity contribution in [3.8, 4) is 0 Å². The molecule has 0 amide bonds. The van der Waals surface area contributed by atoms with Crippen LogP contribution in [-0.2, 0) is 4.79 Å². The van der Waals surface area contributed by atoms with Gasteiger partial charge in [-0.2, -0.15) is 0 Å². The van der Waals surface area contributed by atoms with Gasteiger partial charge < -0.3 is 26.2 Å². The van der Waals surface area contributed by atoms with E-state index in [1.165, 1.54) is 0 Å². The van der Waals surface area contributed by atoms with Crippen LogP contribution in [0.2, 0.25) is 6.32 Å². The lowest BCUT2D eigenvalue weighted by Crippen LogP contribution is -2.55. The van der Waals surface area contributed by atoms with E-state index in [0.717, 1.165) is 25.9 Å². The van der Waals surface area contributed by atoms with E-state index in [1.807, 2.05) is 0 Å². The summed E-state index contributed by atoms with van der Waals surface area (Å²) in [6, 6.07) is 0.405. The first-order chi connectivity index (χ1) is 9.93. The van der Waals surface area contributed by atoms with Crippen LogP contribution < -0.4 is 11.1 Å². The Morgan fingerprint density at radius 3 is 2.62 bits per heavy atom. The molecule has 120 valence electrons. The Bertz CT molecular complexity index is 365. The fourth-order valence-electron chi connectivity index (χ4n) is 3.56. The molecule has 0 aromatic rings. The summed E-state index contributed by atoms with van der Waals surface area (Å²) in [5.74, 6) is -1.09. The molecule has 0 saturated carbocycles. The normalized spacial score (nSPS) is 31.5. The first kappa shape index (κ1) is 16.7. The van der Waals surface area contributed by atoms with Crippen molar-refractivity contribution in [3.05, 3.63) is 0 Å². The lowest BCUT2D eigenvalue weighted by atomic mass is 9.78. The van der Waals surface area contributed by atoms with Crippen LogP contribution in [0.1, 0.15) is 25.7 Å². The van der Waals surface area contributed by atoms with Crippen molar-refractivity contribution in [3.63, 3.8) is 0 Å². The molecule has 8 heteroatoms. The Morgan fingerprint density at radius 1 is 1.38 bits per heavy atom. The predicted molar refractivity (Wildman–Crippen MR) is 79.7 cm³/mol. The fraction of sp³-hybridized carbons (Fsp3) is 0.923. The first-order valence-corrected chi connectivity index (χ1v) is 7.76.